The third-order valence-corrected chi connectivity index (χ3v) is 9.99. The van der Waals surface area contributed by atoms with E-state index < -0.39 is 0 Å². The van der Waals surface area contributed by atoms with Gasteiger partial charge in [0.1, 0.15) is 6.23 Å². The van der Waals surface area contributed by atoms with Gasteiger partial charge in [-0.25, -0.2) is 0 Å². The van der Waals surface area contributed by atoms with Crippen LogP contribution in [0.15, 0.2) is 42.5 Å². The zero-order chi connectivity index (χ0) is 30.9. The number of benzene rings is 1. The van der Waals surface area contributed by atoms with E-state index in [0.717, 1.165) is 24.1 Å². The SMILES string of the molecule is C=C(CC1CC(=O)N(CCN2CCOC2c2ccccc2)C1=O)CC(C)(C)C(C)(C)C(C)(C)C(C)C.CC.CS. The maximum atomic E-state index is 13.2. The van der Waals surface area contributed by atoms with Crippen molar-refractivity contribution in [2.45, 2.75) is 94.7 Å². The summed E-state index contributed by atoms with van der Waals surface area (Å²) < 4.78 is 5.93. The molecule has 2 heterocycles. The van der Waals surface area contributed by atoms with Crippen molar-refractivity contribution in [2.24, 2.45) is 28.1 Å². The molecule has 0 aromatic heterocycles. The molecule has 1 aromatic carbocycles. The number of likely N-dealkylation sites (tertiary alicyclic amines) is 1. The number of hydrogen-bond donors (Lipinski definition) is 1. The lowest BCUT2D eigenvalue weighted by Crippen LogP contribution is -2.47. The number of carbonyl (C=O) groups is 2. The average Bonchev–Trinajstić information content (AvgIpc) is 3.48. The molecule has 228 valence electrons. The van der Waals surface area contributed by atoms with Crippen molar-refractivity contribution in [3.63, 3.8) is 0 Å². The fourth-order valence-corrected chi connectivity index (χ4v) is 5.89. The summed E-state index contributed by atoms with van der Waals surface area (Å²) in [6, 6.07) is 10.1. The van der Waals surface area contributed by atoms with Gasteiger partial charge in [0.05, 0.1) is 12.5 Å². The smallest absolute Gasteiger partial charge is 0.233 e. The lowest BCUT2D eigenvalue weighted by Gasteiger charge is -2.55. The molecule has 2 aliphatic rings. The van der Waals surface area contributed by atoms with Crippen LogP contribution in [0.1, 0.15) is 100 Å². The van der Waals surface area contributed by atoms with Crippen molar-refractivity contribution in [3.8, 4) is 0 Å². The Hall–Kier alpha value is -1.63. The van der Waals surface area contributed by atoms with Gasteiger partial charge in [-0.3, -0.25) is 19.4 Å². The first-order chi connectivity index (χ1) is 18.7. The van der Waals surface area contributed by atoms with Gasteiger partial charge in [-0.15, -0.1) is 0 Å². The summed E-state index contributed by atoms with van der Waals surface area (Å²) in [6.45, 7) is 29.5. The topological polar surface area (TPSA) is 49.9 Å². The van der Waals surface area contributed by atoms with Crippen LogP contribution < -0.4 is 0 Å². The van der Waals surface area contributed by atoms with Gasteiger partial charge in [0, 0.05) is 26.1 Å². The normalized spacial score (nSPS) is 20.3. The van der Waals surface area contributed by atoms with Crippen LogP contribution in [0.2, 0.25) is 0 Å². The van der Waals surface area contributed by atoms with E-state index in [1.165, 1.54) is 4.90 Å². The van der Waals surface area contributed by atoms with Crippen LogP contribution in [0.25, 0.3) is 0 Å². The van der Waals surface area contributed by atoms with Crippen LogP contribution in [-0.2, 0) is 14.3 Å². The predicted octanol–water partition coefficient (Wildman–Crippen LogP) is 8.04. The molecule has 3 rings (SSSR count). The summed E-state index contributed by atoms with van der Waals surface area (Å²) in [5.74, 6) is 0.152. The Morgan fingerprint density at radius 3 is 2.15 bits per heavy atom. The number of rotatable bonds is 11. The second-order valence-electron chi connectivity index (χ2n) is 13.0. The molecule has 2 saturated heterocycles. The van der Waals surface area contributed by atoms with Gasteiger partial charge in [-0.05, 0) is 46.8 Å². The van der Waals surface area contributed by atoms with Gasteiger partial charge in [0.15, 0.2) is 0 Å². The quantitative estimate of drug-likeness (QED) is 0.165. The van der Waals surface area contributed by atoms with Crippen LogP contribution in [-0.4, -0.2) is 54.1 Å². The van der Waals surface area contributed by atoms with Gasteiger partial charge in [-0.2, -0.15) is 12.6 Å². The Morgan fingerprint density at radius 2 is 1.60 bits per heavy atom. The minimum Gasteiger partial charge on any atom is -0.358 e. The maximum absolute atomic E-state index is 13.2. The molecular weight excluding hydrogens is 516 g/mol. The van der Waals surface area contributed by atoms with Crippen LogP contribution in [0.5, 0.6) is 0 Å². The van der Waals surface area contributed by atoms with Gasteiger partial charge in [0.2, 0.25) is 11.8 Å². The Balaban J connectivity index is 0.00000191. The standard InChI is InChI=1S/C31H48N2O3.C2H6.CH4S/c1-22(2)30(6,7)31(8,9)29(4,5)21-23(3)19-25-20-26(34)33(27(25)35)16-15-32-17-18-36-28(32)24-13-11-10-12-14-24;2*1-2/h10-14,22,25,28H,3,15-21H2,1-2,4-9H3;1-2H3;2H,1H3. The minimum absolute atomic E-state index is 0.00536. The van der Waals surface area contributed by atoms with Crippen molar-refractivity contribution in [2.75, 3.05) is 32.5 Å². The summed E-state index contributed by atoms with van der Waals surface area (Å²) in [4.78, 5) is 29.7. The number of nitrogens with zero attached hydrogens (tertiary/aromatic N) is 2. The number of amides is 2. The highest BCUT2D eigenvalue weighted by Crippen LogP contribution is 2.57. The zero-order valence-electron chi connectivity index (χ0n) is 27.3. The van der Waals surface area contributed by atoms with Crippen LogP contribution in [0, 0.1) is 28.1 Å². The molecule has 0 bridgehead atoms. The molecule has 0 spiro atoms. The summed E-state index contributed by atoms with van der Waals surface area (Å²) in [6.07, 6.45) is 3.30. The van der Waals surface area contributed by atoms with E-state index in [2.05, 4.69) is 91.6 Å². The van der Waals surface area contributed by atoms with Gasteiger partial charge < -0.3 is 4.74 Å². The lowest BCUT2D eigenvalue weighted by atomic mass is 9.50. The zero-order valence-corrected chi connectivity index (χ0v) is 28.2. The third-order valence-electron chi connectivity index (χ3n) is 9.99. The first-order valence-electron chi connectivity index (χ1n) is 15.0. The summed E-state index contributed by atoms with van der Waals surface area (Å²) in [5, 5.41) is 0. The number of ether oxygens (including phenoxy) is 1. The number of allylic oxidation sites excluding steroid dienone is 1. The van der Waals surface area contributed by atoms with Crippen molar-refractivity contribution in [3.05, 3.63) is 48.0 Å². The van der Waals surface area contributed by atoms with Gasteiger partial charge >= 0.3 is 0 Å². The molecule has 5 nitrogen and oxygen atoms in total. The number of imide groups is 1. The van der Waals surface area contributed by atoms with Crippen LogP contribution >= 0.6 is 12.6 Å². The fraction of sp³-hybridized carbons (Fsp3) is 0.706. The molecule has 2 amide bonds. The largest absolute Gasteiger partial charge is 0.358 e. The van der Waals surface area contributed by atoms with Gasteiger partial charge in [-0.1, -0.05) is 112 Å². The Bertz CT molecular complexity index is 955. The first-order valence-corrected chi connectivity index (χ1v) is 15.9. The third kappa shape index (κ3) is 8.23. The molecule has 2 fully saturated rings. The summed E-state index contributed by atoms with van der Waals surface area (Å²) in [5.41, 5.74) is 2.38. The molecule has 0 radical (unpaired) electrons. The average molecular weight is 575 g/mol. The highest BCUT2D eigenvalue weighted by Gasteiger charge is 2.49. The lowest BCUT2D eigenvalue weighted by molar-refractivity contribution is -0.139. The first kappa shape index (κ1) is 36.4. The molecule has 40 heavy (non-hydrogen) atoms. The highest BCUT2D eigenvalue weighted by atomic mass is 32.1. The van der Waals surface area contributed by atoms with Crippen molar-refractivity contribution >= 4 is 24.4 Å². The number of hydrogen-bond acceptors (Lipinski definition) is 5. The molecule has 0 saturated carbocycles. The van der Waals surface area contributed by atoms with Crippen molar-refractivity contribution in [1.29, 1.82) is 0 Å². The molecule has 6 heteroatoms. The molecule has 2 aliphatic heterocycles. The van der Waals surface area contributed by atoms with E-state index in [1.807, 2.05) is 32.0 Å². The minimum atomic E-state index is -0.290. The monoisotopic (exact) mass is 574 g/mol. The van der Waals surface area contributed by atoms with E-state index in [1.54, 1.807) is 6.26 Å². The van der Waals surface area contributed by atoms with E-state index in [4.69, 9.17) is 4.74 Å². The summed E-state index contributed by atoms with van der Waals surface area (Å²) in [7, 11) is 0. The van der Waals surface area contributed by atoms with E-state index in [-0.39, 0.29) is 46.6 Å². The second kappa shape index (κ2) is 15.6. The van der Waals surface area contributed by atoms with Gasteiger partial charge in [0.25, 0.3) is 0 Å². The molecule has 2 atom stereocenters. The Labute approximate surface area is 251 Å². The number of thiol groups is 1. The molecule has 1 aromatic rings. The van der Waals surface area contributed by atoms with E-state index in [0.29, 0.717) is 32.0 Å². The molecule has 0 aliphatic carbocycles. The molecular formula is C34H58N2O3S. The predicted molar refractivity (Wildman–Crippen MR) is 172 cm³/mol. The van der Waals surface area contributed by atoms with Crippen LogP contribution in [0.4, 0.5) is 0 Å². The second-order valence-corrected chi connectivity index (χ2v) is 13.0. The highest BCUT2D eigenvalue weighted by molar-refractivity contribution is 7.79. The Morgan fingerprint density at radius 1 is 1.02 bits per heavy atom. The Kier molecular flexibility index (Phi) is 14.2. The maximum Gasteiger partial charge on any atom is 0.233 e. The number of carbonyl (C=O) groups excluding carboxylic acids is 2. The van der Waals surface area contributed by atoms with Crippen molar-refractivity contribution in [1.82, 2.24) is 9.80 Å². The van der Waals surface area contributed by atoms with E-state index in [9.17, 15) is 9.59 Å². The fourth-order valence-electron chi connectivity index (χ4n) is 5.89. The summed E-state index contributed by atoms with van der Waals surface area (Å²) >= 11 is 3.53. The van der Waals surface area contributed by atoms with Crippen LogP contribution in [0.3, 0.4) is 0 Å². The van der Waals surface area contributed by atoms with Crippen molar-refractivity contribution < 1.29 is 14.3 Å². The molecule has 0 N–H and O–H groups in total. The van der Waals surface area contributed by atoms with E-state index >= 15 is 0 Å². The molecule has 2 unspecified atom stereocenters.